The second-order valence-corrected chi connectivity index (χ2v) is 7.79. The summed E-state index contributed by atoms with van der Waals surface area (Å²) in [7, 11) is 1.56. The first-order valence-electron chi connectivity index (χ1n) is 9.33. The molecule has 28 heavy (non-hydrogen) atoms. The number of rotatable bonds is 6. The molecule has 1 aromatic carbocycles. The second-order valence-electron chi connectivity index (χ2n) is 6.79. The van der Waals surface area contributed by atoms with Crippen LogP contribution in [-0.4, -0.2) is 64.8 Å². The fraction of sp³-hybridized carbons (Fsp3) is 0.450. The van der Waals surface area contributed by atoms with Crippen molar-refractivity contribution in [1.29, 1.82) is 0 Å². The van der Waals surface area contributed by atoms with Crippen molar-refractivity contribution in [2.24, 2.45) is 0 Å². The summed E-state index contributed by atoms with van der Waals surface area (Å²) >= 11 is 0.837. The Hall–Kier alpha value is -2.32. The minimum Gasteiger partial charge on any atom is -0.497 e. The third-order valence-electron chi connectivity index (χ3n) is 4.97. The maximum absolute atomic E-state index is 12.7. The minimum absolute atomic E-state index is 0.0132. The molecule has 0 aromatic heterocycles. The number of aliphatic hydroxyl groups is 1. The molecule has 0 spiro atoms. The van der Waals surface area contributed by atoms with Gasteiger partial charge in [0.2, 0.25) is 5.91 Å². The van der Waals surface area contributed by atoms with Crippen molar-refractivity contribution in [3.63, 3.8) is 0 Å². The third kappa shape index (κ3) is 4.56. The van der Waals surface area contributed by atoms with E-state index in [1.165, 1.54) is 0 Å². The molecule has 1 N–H and O–H groups in total. The SMILES string of the molecule is COc1cccc(/C=C2\SC(=O)N(CC(=O)N3CCCC[C@H]3CCO)C2=O)c1. The number of benzene rings is 1. The summed E-state index contributed by atoms with van der Waals surface area (Å²) < 4.78 is 5.17. The first-order chi connectivity index (χ1) is 13.5. The van der Waals surface area contributed by atoms with E-state index in [0.29, 0.717) is 18.7 Å². The molecule has 1 atom stereocenters. The van der Waals surface area contributed by atoms with Crippen molar-refractivity contribution in [3.05, 3.63) is 34.7 Å². The van der Waals surface area contributed by atoms with Crippen molar-refractivity contribution in [2.45, 2.75) is 31.7 Å². The maximum atomic E-state index is 12.7. The van der Waals surface area contributed by atoms with Crippen LogP contribution in [0.15, 0.2) is 29.2 Å². The number of carbonyl (C=O) groups excluding carboxylic acids is 3. The van der Waals surface area contributed by atoms with Crippen molar-refractivity contribution >= 4 is 34.9 Å². The molecule has 2 heterocycles. The average Bonchev–Trinajstić information content (AvgIpc) is 2.96. The summed E-state index contributed by atoms with van der Waals surface area (Å²) in [6.07, 6.45) is 4.89. The van der Waals surface area contributed by atoms with Crippen LogP contribution in [0, 0.1) is 0 Å². The van der Waals surface area contributed by atoms with Crippen LogP contribution in [-0.2, 0) is 9.59 Å². The van der Waals surface area contributed by atoms with E-state index in [1.807, 2.05) is 6.07 Å². The molecule has 0 aliphatic carbocycles. The van der Waals surface area contributed by atoms with Crippen LogP contribution >= 0.6 is 11.8 Å². The monoisotopic (exact) mass is 404 g/mol. The number of methoxy groups -OCH3 is 1. The Morgan fingerprint density at radius 3 is 2.93 bits per heavy atom. The summed E-state index contributed by atoms with van der Waals surface area (Å²) in [4.78, 5) is 40.7. The van der Waals surface area contributed by atoms with E-state index in [-0.39, 0.29) is 30.0 Å². The smallest absolute Gasteiger partial charge is 0.294 e. The lowest BCUT2D eigenvalue weighted by Gasteiger charge is -2.36. The van der Waals surface area contributed by atoms with Gasteiger partial charge in [0, 0.05) is 19.2 Å². The Bertz CT molecular complexity index is 793. The maximum Gasteiger partial charge on any atom is 0.294 e. The van der Waals surface area contributed by atoms with Crippen LogP contribution < -0.4 is 4.74 Å². The topological polar surface area (TPSA) is 87.2 Å². The molecule has 3 amide bonds. The first kappa shape index (κ1) is 20.4. The molecule has 150 valence electrons. The molecular weight excluding hydrogens is 380 g/mol. The largest absolute Gasteiger partial charge is 0.497 e. The number of ether oxygens (including phenoxy) is 1. The van der Waals surface area contributed by atoms with Gasteiger partial charge in [-0.25, -0.2) is 0 Å². The number of imide groups is 1. The first-order valence-corrected chi connectivity index (χ1v) is 10.1. The van der Waals surface area contributed by atoms with Gasteiger partial charge in [0.05, 0.1) is 12.0 Å². The molecule has 2 aliphatic rings. The highest BCUT2D eigenvalue weighted by Gasteiger charge is 2.38. The Balaban J connectivity index is 1.71. The number of carbonyl (C=O) groups is 3. The van der Waals surface area contributed by atoms with Crippen LogP contribution in [0.1, 0.15) is 31.2 Å². The molecule has 3 rings (SSSR count). The van der Waals surface area contributed by atoms with Gasteiger partial charge in [0.1, 0.15) is 12.3 Å². The summed E-state index contributed by atoms with van der Waals surface area (Å²) in [6.45, 7) is 0.348. The average molecular weight is 404 g/mol. The second kappa shape index (κ2) is 9.25. The predicted octanol–water partition coefficient (Wildman–Crippen LogP) is 2.50. The molecule has 2 saturated heterocycles. The summed E-state index contributed by atoms with van der Waals surface area (Å²) in [5.41, 5.74) is 0.746. The molecule has 8 heteroatoms. The van der Waals surface area contributed by atoms with Gasteiger partial charge in [0.15, 0.2) is 0 Å². The van der Waals surface area contributed by atoms with Gasteiger partial charge in [-0.05, 0) is 61.2 Å². The van der Waals surface area contributed by atoms with E-state index in [9.17, 15) is 19.5 Å². The molecule has 0 saturated carbocycles. The van der Waals surface area contributed by atoms with E-state index >= 15 is 0 Å². The van der Waals surface area contributed by atoms with E-state index in [2.05, 4.69) is 0 Å². The van der Waals surface area contributed by atoms with Crippen LogP contribution in [0.5, 0.6) is 5.75 Å². The Kier molecular flexibility index (Phi) is 6.74. The third-order valence-corrected chi connectivity index (χ3v) is 5.88. The minimum atomic E-state index is -0.457. The Morgan fingerprint density at radius 1 is 1.36 bits per heavy atom. The van der Waals surface area contributed by atoms with Crippen molar-refractivity contribution in [2.75, 3.05) is 26.8 Å². The normalized spacial score (nSPS) is 21.5. The van der Waals surface area contributed by atoms with E-state index in [4.69, 9.17) is 4.74 Å². The lowest BCUT2D eigenvalue weighted by Crippen LogP contribution is -2.49. The highest BCUT2D eigenvalue weighted by molar-refractivity contribution is 8.18. The predicted molar refractivity (Wildman–Crippen MR) is 107 cm³/mol. The highest BCUT2D eigenvalue weighted by Crippen LogP contribution is 2.33. The molecular formula is C20H24N2O5S. The number of hydrogen-bond acceptors (Lipinski definition) is 6. The van der Waals surface area contributed by atoms with Crippen LogP contribution in [0.4, 0.5) is 4.79 Å². The number of piperidine rings is 1. The highest BCUT2D eigenvalue weighted by atomic mass is 32.2. The fourth-order valence-corrected chi connectivity index (χ4v) is 4.36. The quantitative estimate of drug-likeness (QED) is 0.733. The van der Waals surface area contributed by atoms with Crippen LogP contribution in [0.25, 0.3) is 6.08 Å². The van der Waals surface area contributed by atoms with Gasteiger partial charge in [-0.15, -0.1) is 0 Å². The molecule has 2 fully saturated rings. The van der Waals surface area contributed by atoms with Gasteiger partial charge >= 0.3 is 0 Å². The van der Waals surface area contributed by atoms with Crippen LogP contribution in [0.2, 0.25) is 0 Å². The molecule has 7 nitrogen and oxygen atoms in total. The lowest BCUT2D eigenvalue weighted by molar-refractivity contribution is -0.139. The van der Waals surface area contributed by atoms with Crippen molar-refractivity contribution in [1.82, 2.24) is 9.80 Å². The number of thioether (sulfide) groups is 1. The molecule has 2 aliphatic heterocycles. The number of likely N-dealkylation sites (tertiary alicyclic amines) is 1. The van der Waals surface area contributed by atoms with E-state index in [1.54, 1.807) is 36.3 Å². The number of aliphatic hydroxyl groups excluding tert-OH is 1. The van der Waals surface area contributed by atoms with E-state index < -0.39 is 11.1 Å². The number of nitrogens with zero attached hydrogens (tertiary/aromatic N) is 2. The van der Waals surface area contributed by atoms with Gasteiger partial charge in [-0.3, -0.25) is 19.3 Å². The zero-order chi connectivity index (χ0) is 20.1. The van der Waals surface area contributed by atoms with Gasteiger partial charge in [-0.1, -0.05) is 12.1 Å². The Morgan fingerprint density at radius 2 is 2.18 bits per heavy atom. The number of hydrogen-bond donors (Lipinski definition) is 1. The van der Waals surface area contributed by atoms with Crippen molar-refractivity contribution in [3.8, 4) is 5.75 Å². The molecule has 1 aromatic rings. The zero-order valence-corrected chi connectivity index (χ0v) is 16.6. The summed E-state index contributed by atoms with van der Waals surface area (Å²) in [5.74, 6) is -0.0480. The Labute approximate surface area is 168 Å². The van der Waals surface area contributed by atoms with Crippen molar-refractivity contribution < 1.29 is 24.2 Å². The fourth-order valence-electron chi connectivity index (χ4n) is 3.52. The molecule has 0 radical (unpaired) electrons. The van der Waals surface area contributed by atoms with Crippen LogP contribution in [0.3, 0.4) is 0 Å². The summed E-state index contributed by atoms with van der Waals surface area (Å²) in [6, 6.07) is 7.15. The summed E-state index contributed by atoms with van der Waals surface area (Å²) in [5, 5.41) is 8.78. The van der Waals surface area contributed by atoms with Gasteiger partial charge < -0.3 is 14.7 Å². The van der Waals surface area contributed by atoms with Gasteiger partial charge in [0.25, 0.3) is 11.1 Å². The van der Waals surface area contributed by atoms with Gasteiger partial charge in [-0.2, -0.15) is 0 Å². The molecule has 0 unspecified atom stereocenters. The number of amides is 3. The van der Waals surface area contributed by atoms with E-state index in [0.717, 1.165) is 41.5 Å². The lowest BCUT2D eigenvalue weighted by atomic mass is 9.99. The molecule has 0 bridgehead atoms. The standard InChI is InChI=1S/C20H24N2O5S/c1-27-16-7-4-5-14(11-16)12-17-19(25)22(20(26)28-17)13-18(24)21-9-3-2-6-15(21)8-10-23/h4-5,7,11-12,15,23H,2-3,6,8-10,13H2,1H3/b17-12-/t15-/m0/s1. The zero-order valence-electron chi connectivity index (χ0n) is 15.8.